The summed E-state index contributed by atoms with van der Waals surface area (Å²) in [6.07, 6.45) is 2.64. The van der Waals surface area contributed by atoms with E-state index in [1.807, 2.05) is 11.8 Å². The van der Waals surface area contributed by atoms with Crippen LogP contribution in [-0.2, 0) is 10.2 Å². The van der Waals surface area contributed by atoms with E-state index in [0.717, 1.165) is 12.0 Å². The number of benzene rings is 1. The number of hydrogen-bond donors (Lipinski definition) is 0. The van der Waals surface area contributed by atoms with Gasteiger partial charge in [0.25, 0.3) is 0 Å². The topological polar surface area (TPSA) is 39.2 Å². The number of esters is 1. The van der Waals surface area contributed by atoms with Gasteiger partial charge >= 0.3 is 5.97 Å². The largest absolute Gasteiger partial charge is 0.462 e. The maximum absolute atomic E-state index is 11.7. The minimum Gasteiger partial charge on any atom is -0.462 e. The molecule has 0 saturated heterocycles. The van der Waals surface area contributed by atoms with E-state index in [1.165, 1.54) is 16.7 Å². The molecule has 0 unspecified atom stereocenters. The predicted octanol–water partition coefficient (Wildman–Crippen LogP) is 5.21. The van der Waals surface area contributed by atoms with E-state index in [1.54, 1.807) is 19.1 Å². The van der Waals surface area contributed by atoms with Crippen molar-refractivity contribution in [3.05, 3.63) is 58.9 Å². The van der Waals surface area contributed by atoms with Gasteiger partial charge in [-0.25, -0.2) is 9.78 Å². The molecule has 0 spiro atoms. The Kier molecular flexibility index (Phi) is 5.35. The van der Waals surface area contributed by atoms with Crippen molar-refractivity contribution >= 4 is 17.7 Å². The van der Waals surface area contributed by atoms with E-state index in [0.29, 0.717) is 17.9 Å². The van der Waals surface area contributed by atoms with Gasteiger partial charge < -0.3 is 4.74 Å². The molecule has 0 fully saturated rings. The number of nitrogens with zero attached hydrogens (tertiary/aromatic N) is 1. The second-order valence-corrected chi connectivity index (χ2v) is 9.79. The van der Waals surface area contributed by atoms with Crippen LogP contribution in [0.15, 0.2) is 41.4 Å². The quantitative estimate of drug-likeness (QED) is 0.530. The molecule has 0 atom stereocenters. The number of carbonyl (C=O) groups excluding carboxylic acids is 1. The minimum absolute atomic E-state index is 0.126. The second kappa shape index (κ2) is 7.40. The van der Waals surface area contributed by atoms with Crippen molar-refractivity contribution in [2.45, 2.75) is 56.1 Å². The summed E-state index contributed by atoms with van der Waals surface area (Å²) in [6, 6.07) is 9.91. The van der Waals surface area contributed by atoms with Gasteiger partial charge in [-0.2, -0.15) is 0 Å². The van der Waals surface area contributed by atoms with Crippen molar-refractivity contribution in [3.8, 4) is 11.8 Å². The first-order chi connectivity index (χ1) is 12.7. The van der Waals surface area contributed by atoms with Gasteiger partial charge in [0.2, 0.25) is 0 Å². The summed E-state index contributed by atoms with van der Waals surface area (Å²) in [5, 5.41) is 0. The highest BCUT2D eigenvalue weighted by atomic mass is 32.2. The molecule has 0 amide bonds. The van der Waals surface area contributed by atoms with E-state index >= 15 is 0 Å². The Hall–Kier alpha value is -2.25. The molecule has 2 heterocycles. The molecule has 0 aliphatic carbocycles. The third-order valence-electron chi connectivity index (χ3n) is 4.57. The van der Waals surface area contributed by atoms with Crippen LogP contribution < -0.4 is 0 Å². The van der Waals surface area contributed by atoms with Crippen LogP contribution in [0.25, 0.3) is 0 Å². The van der Waals surface area contributed by atoms with E-state index in [-0.39, 0.29) is 16.1 Å². The molecule has 2 aromatic rings. The Morgan fingerprint density at radius 3 is 2.63 bits per heavy atom. The summed E-state index contributed by atoms with van der Waals surface area (Å²) >= 11 is 1.94. The number of fused-ring (bicyclic) bond motifs is 1. The number of carbonyl (C=O) groups is 1. The molecule has 1 aromatic carbocycles. The molecule has 27 heavy (non-hydrogen) atoms. The summed E-state index contributed by atoms with van der Waals surface area (Å²) in [7, 11) is 0. The molecule has 1 aromatic heterocycles. The van der Waals surface area contributed by atoms with Crippen LogP contribution in [0, 0.1) is 11.8 Å². The Bertz CT molecular complexity index is 918. The Morgan fingerprint density at radius 1 is 1.19 bits per heavy atom. The van der Waals surface area contributed by atoms with E-state index in [9.17, 15) is 4.79 Å². The third-order valence-corrected chi connectivity index (χ3v) is 5.84. The van der Waals surface area contributed by atoms with Crippen molar-refractivity contribution in [2.75, 3.05) is 6.61 Å². The van der Waals surface area contributed by atoms with E-state index < -0.39 is 0 Å². The normalized spacial score (nSPS) is 16.6. The maximum atomic E-state index is 11.7. The van der Waals surface area contributed by atoms with Crippen molar-refractivity contribution < 1.29 is 9.53 Å². The van der Waals surface area contributed by atoms with Crippen LogP contribution in [0.1, 0.15) is 68.2 Å². The van der Waals surface area contributed by atoms with Crippen LogP contribution in [0.2, 0.25) is 0 Å². The molecule has 0 saturated carbocycles. The monoisotopic (exact) mass is 379 g/mol. The van der Waals surface area contributed by atoms with Crippen molar-refractivity contribution in [1.82, 2.24) is 4.98 Å². The van der Waals surface area contributed by atoms with Gasteiger partial charge in [0.1, 0.15) is 5.69 Å². The highest BCUT2D eigenvalue weighted by Gasteiger charge is 2.37. The van der Waals surface area contributed by atoms with Crippen LogP contribution in [0.5, 0.6) is 0 Å². The molecular formula is C23H25NO2S. The number of aromatic nitrogens is 1. The lowest BCUT2D eigenvalue weighted by Crippen LogP contribution is -2.33. The molecule has 3 nitrogen and oxygen atoms in total. The highest BCUT2D eigenvalue weighted by Crippen LogP contribution is 2.50. The van der Waals surface area contributed by atoms with E-state index in [4.69, 9.17) is 4.74 Å². The minimum atomic E-state index is -0.359. The number of hydrogen-bond acceptors (Lipinski definition) is 4. The van der Waals surface area contributed by atoms with Crippen molar-refractivity contribution in [3.63, 3.8) is 0 Å². The number of thioether (sulfide) groups is 1. The molecule has 4 heteroatoms. The zero-order valence-electron chi connectivity index (χ0n) is 16.6. The number of ether oxygens (including phenoxy) is 1. The van der Waals surface area contributed by atoms with E-state index in [2.05, 4.69) is 62.7 Å². The highest BCUT2D eigenvalue weighted by molar-refractivity contribution is 8.00. The SMILES string of the molecule is CCOC(=O)c1ccc(C#Cc2ccc3c(c2)C(C)(C)CC(C)(C)S3)nc1. The number of pyridine rings is 1. The summed E-state index contributed by atoms with van der Waals surface area (Å²) in [5.41, 5.74) is 3.55. The summed E-state index contributed by atoms with van der Waals surface area (Å²) in [4.78, 5) is 17.3. The summed E-state index contributed by atoms with van der Waals surface area (Å²) < 4.78 is 5.21. The lowest BCUT2D eigenvalue weighted by atomic mass is 9.76. The van der Waals surface area contributed by atoms with Crippen molar-refractivity contribution in [1.29, 1.82) is 0 Å². The van der Waals surface area contributed by atoms with Crippen LogP contribution in [0.4, 0.5) is 0 Å². The van der Waals surface area contributed by atoms with Crippen LogP contribution in [-0.4, -0.2) is 22.3 Å². The Morgan fingerprint density at radius 2 is 1.96 bits per heavy atom. The fraction of sp³-hybridized carbons (Fsp3) is 0.391. The standard InChI is InChI=1S/C23H25NO2S/c1-6-26-21(25)17-9-11-18(24-14-17)10-7-16-8-12-20-19(13-16)22(2,3)15-23(4,5)27-20/h8-9,11-14H,6,15H2,1-5H3. The van der Waals surface area contributed by atoms with Gasteiger partial charge in [-0.1, -0.05) is 33.6 Å². The fourth-order valence-electron chi connectivity index (χ4n) is 3.66. The third kappa shape index (κ3) is 4.54. The second-order valence-electron chi connectivity index (χ2n) is 8.04. The molecule has 0 radical (unpaired) electrons. The number of rotatable bonds is 2. The fourth-order valence-corrected chi connectivity index (χ4v) is 5.27. The average molecular weight is 380 g/mol. The van der Waals surface area contributed by atoms with Gasteiger partial charge in [-0.15, -0.1) is 11.8 Å². The van der Waals surface area contributed by atoms with Gasteiger partial charge in [-0.05, 0) is 60.6 Å². The van der Waals surface area contributed by atoms with Crippen molar-refractivity contribution in [2.24, 2.45) is 0 Å². The van der Waals surface area contributed by atoms with Gasteiger partial charge in [-0.3, -0.25) is 0 Å². The molecule has 0 N–H and O–H groups in total. The average Bonchev–Trinajstić information content (AvgIpc) is 2.59. The molecule has 0 bridgehead atoms. The van der Waals surface area contributed by atoms with Crippen LogP contribution in [0.3, 0.4) is 0 Å². The summed E-state index contributed by atoms with van der Waals surface area (Å²) in [5.74, 6) is 5.94. The first kappa shape index (κ1) is 19.5. The lowest BCUT2D eigenvalue weighted by Gasteiger charge is -2.41. The molecule has 1 aliphatic rings. The van der Waals surface area contributed by atoms with Gasteiger partial charge in [0, 0.05) is 21.4 Å². The molecule has 140 valence electrons. The first-order valence-electron chi connectivity index (χ1n) is 9.19. The lowest BCUT2D eigenvalue weighted by molar-refractivity contribution is 0.0526. The molecular weight excluding hydrogens is 354 g/mol. The van der Waals surface area contributed by atoms with Gasteiger partial charge in [0.05, 0.1) is 12.2 Å². The first-order valence-corrected chi connectivity index (χ1v) is 10.0. The maximum Gasteiger partial charge on any atom is 0.339 e. The predicted molar refractivity (Wildman–Crippen MR) is 110 cm³/mol. The smallest absolute Gasteiger partial charge is 0.339 e. The molecule has 3 rings (SSSR count). The Labute approximate surface area is 165 Å². The van der Waals surface area contributed by atoms with Gasteiger partial charge in [0.15, 0.2) is 0 Å². The zero-order chi connectivity index (χ0) is 19.7. The summed E-state index contributed by atoms with van der Waals surface area (Å²) in [6.45, 7) is 11.4. The molecule has 1 aliphatic heterocycles. The van der Waals surface area contributed by atoms with Crippen LogP contribution >= 0.6 is 11.8 Å². The Balaban J connectivity index is 1.83. The zero-order valence-corrected chi connectivity index (χ0v) is 17.4.